The minimum Gasteiger partial charge on any atom is -0.445 e. The summed E-state index contributed by atoms with van der Waals surface area (Å²) in [5, 5.41) is 22.7. The molecular formula is C63H102N8O11. The zero-order valence-electron chi connectivity index (χ0n) is 52.2. The van der Waals surface area contributed by atoms with Crippen LogP contribution in [0.15, 0.2) is 54.6 Å². The molecule has 0 spiro atoms. The summed E-state index contributed by atoms with van der Waals surface area (Å²) in [4.78, 5) is 114. The van der Waals surface area contributed by atoms with E-state index in [4.69, 9.17) is 15.2 Å². The van der Waals surface area contributed by atoms with Crippen LogP contribution >= 0.6 is 0 Å². The van der Waals surface area contributed by atoms with E-state index in [0.29, 0.717) is 42.6 Å². The third-order valence-electron chi connectivity index (χ3n) is 16.7. The van der Waals surface area contributed by atoms with Crippen molar-refractivity contribution in [1.82, 2.24) is 30.7 Å². The highest BCUT2D eigenvalue weighted by Gasteiger charge is 2.43. The number of hydrogen-bond acceptors (Lipinski definition) is 12. The number of hydrogen-bond donors (Lipinski definition) is 6. The lowest BCUT2D eigenvalue weighted by Gasteiger charge is -2.41. The maximum atomic E-state index is 14.8. The number of nitrogens with two attached hydrogens (primary N) is 1. The lowest BCUT2D eigenvalue weighted by molar-refractivity contribution is -0.148. The molecule has 460 valence electrons. The smallest absolute Gasteiger partial charge is 0.410 e. The van der Waals surface area contributed by atoms with E-state index >= 15 is 0 Å². The number of anilines is 1. The number of rotatable bonds is 34. The molecule has 3 rings (SSSR count). The van der Waals surface area contributed by atoms with E-state index in [1.807, 2.05) is 118 Å². The van der Waals surface area contributed by atoms with Crippen molar-refractivity contribution in [2.45, 2.75) is 196 Å². The Balaban J connectivity index is 1.69. The van der Waals surface area contributed by atoms with E-state index < -0.39 is 66.3 Å². The molecule has 0 radical (unpaired) electrons. The summed E-state index contributed by atoms with van der Waals surface area (Å²) < 4.78 is 11.8. The van der Waals surface area contributed by atoms with E-state index in [-0.39, 0.29) is 109 Å². The van der Waals surface area contributed by atoms with Crippen molar-refractivity contribution < 1.29 is 52.9 Å². The van der Waals surface area contributed by atoms with Crippen LogP contribution in [-0.2, 0) is 44.8 Å². The van der Waals surface area contributed by atoms with Crippen molar-refractivity contribution in [3.8, 4) is 0 Å². The van der Waals surface area contributed by atoms with Gasteiger partial charge in [0.05, 0.1) is 42.8 Å². The summed E-state index contributed by atoms with van der Waals surface area (Å²) in [7, 11) is 4.76. The number of urea groups is 1. The fourth-order valence-corrected chi connectivity index (χ4v) is 11.4. The number of aliphatic hydroxyl groups is 1. The van der Waals surface area contributed by atoms with Gasteiger partial charge >= 0.3 is 12.1 Å². The molecule has 2 aromatic carbocycles. The van der Waals surface area contributed by atoms with Gasteiger partial charge in [0.2, 0.25) is 23.6 Å². The van der Waals surface area contributed by atoms with Gasteiger partial charge in [0.1, 0.15) is 6.61 Å². The van der Waals surface area contributed by atoms with Gasteiger partial charge in [-0.05, 0) is 85.5 Å². The molecule has 2 aromatic rings. The fourth-order valence-electron chi connectivity index (χ4n) is 11.4. The highest BCUT2D eigenvalue weighted by Crippen LogP contribution is 2.33. The number of Topliss-reactive ketones (excluding diaryl/α,β-unsaturated/α-hetero) is 2. The minimum atomic E-state index is -0.920. The van der Waals surface area contributed by atoms with Crippen LogP contribution in [0.3, 0.4) is 0 Å². The Labute approximate surface area is 489 Å². The second kappa shape index (κ2) is 34.0. The second-order valence-corrected chi connectivity index (χ2v) is 24.3. The van der Waals surface area contributed by atoms with Gasteiger partial charge in [0.15, 0.2) is 11.6 Å². The Morgan fingerprint density at radius 2 is 1.41 bits per heavy atom. The molecule has 0 aliphatic carbocycles. The summed E-state index contributed by atoms with van der Waals surface area (Å²) in [6, 6.07) is 12.7. The van der Waals surface area contributed by atoms with Gasteiger partial charge in [0.25, 0.3) is 0 Å². The quantitative estimate of drug-likeness (QED) is 0.0362. The molecule has 1 aliphatic rings. The number of nitrogens with one attached hydrogen (secondary N) is 4. The molecule has 82 heavy (non-hydrogen) atoms. The first kappa shape index (κ1) is 70.3. The number of aliphatic hydroxyl groups excluding tert-OH is 1. The number of methoxy groups -OCH3 is 1. The van der Waals surface area contributed by atoms with Crippen molar-refractivity contribution in [2.24, 2.45) is 53.1 Å². The molecule has 12 atom stereocenters. The lowest BCUT2D eigenvalue weighted by Crippen LogP contribution is -2.54. The normalized spacial score (nSPS) is 17.6. The predicted octanol–water partition coefficient (Wildman–Crippen LogP) is 8.28. The minimum absolute atomic E-state index is 0.00120. The second-order valence-electron chi connectivity index (χ2n) is 24.3. The number of primary amides is 1. The zero-order valence-corrected chi connectivity index (χ0v) is 52.2. The number of amides is 7. The van der Waals surface area contributed by atoms with Gasteiger partial charge in [-0.2, -0.15) is 0 Å². The number of benzene rings is 2. The van der Waals surface area contributed by atoms with Crippen LogP contribution in [0.5, 0.6) is 0 Å². The maximum absolute atomic E-state index is 14.8. The van der Waals surface area contributed by atoms with Crippen LogP contribution in [0.1, 0.15) is 159 Å². The van der Waals surface area contributed by atoms with Crippen molar-refractivity contribution >= 4 is 53.0 Å². The summed E-state index contributed by atoms with van der Waals surface area (Å²) in [6.07, 6.45) is 0.523. The average Bonchev–Trinajstić information content (AvgIpc) is 3.99. The first-order valence-electron chi connectivity index (χ1n) is 29.8. The van der Waals surface area contributed by atoms with Crippen LogP contribution in [0.2, 0.25) is 0 Å². The molecule has 7 N–H and O–H groups in total. The molecule has 0 bridgehead atoms. The number of carbonyl (C=O) groups is 8. The Bertz CT molecular complexity index is 2370. The van der Waals surface area contributed by atoms with Crippen LogP contribution in [-0.4, -0.2) is 144 Å². The van der Waals surface area contributed by atoms with Crippen molar-refractivity contribution in [3.05, 3.63) is 65.7 Å². The first-order valence-corrected chi connectivity index (χ1v) is 29.8. The van der Waals surface area contributed by atoms with E-state index in [1.54, 1.807) is 50.2 Å². The Morgan fingerprint density at radius 3 is 1.96 bits per heavy atom. The SMILES string of the molecule is CC[C@H](C)[C@@H]([C@@H](CC(=O)N1CCC[C@H]1[C@H](C)[C@H](C)C(=O)N[C@@H](C)[C@H](O)c1ccccc1)OC)N(C)C(=O)[C@@H](CC(=O)[C@H](C(C)C)N(C)C(=O)OCc1ccc(NC(=O)[C@H](CCCNC(N)=O)CC(=O)[C@@H](NC(C)C)C(C)C)cc1)C(C)C. The van der Waals surface area contributed by atoms with E-state index in [0.717, 1.165) is 12.8 Å². The van der Waals surface area contributed by atoms with Crippen LogP contribution in [0.25, 0.3) is 0 Å². The molecule has 1 heterocycles. The van der Waals surface area contributed by atoms with Gasteiger partial charge in [-0.25, -0.2) is 9.59 Å². The number of likely N-dealkylation sites (tertiary alicyclic amines) is 1. The number of ketones is 2. The molecule has 0 aromatic heterocycles. The van der Waals surface area contributed by atoms with Gasteiger partial charge in [0, 0.05) is 82.7 Å². The third kappa shape index (κ3) is 20.8. The summed E-state index contributed by atoms with van der Waals surface area (Å²) in [6.45, 7) is 25.6. The molecule has 0 unspecified atom stereocenters. The number of ether oxygens (including phenoxy) is 2. The highest BCUT2D eigenvalue weighted by atomic mass is 16.6. The molecule has 1 aliphatic heterocycles. The largest absolute Gasteiger partial charge is 0.445 e. The highest BCUT2D eigenvalue weighted by molar-refractivity contribution is 5.96. The first-order chi connectivity index (χ1) is 38.6. The van der Waals surface area contributed by atoms with Crippen LogP contribution in [0, 0.1) is 47.3 Å². The van der Waals surface area contributed by atoms with E-state index in [2.05, 4.69) is 21.3 Å². The maximum Gasteiger partial charge on any atom is 0.410 e. The predicted molar refractivity (Wildman–Crippen MR) is 320 cm³/mol. The number of carbonyl (C=O) groups excluding carboxylic acids is 8. The lowest BCUT2D eigenvalue weighted by atomic mass is 9.83. The Hall–Kier alpha value is -5.92. The van der Waals surface area contributed by atoms with Gasteiger partial charge < -0.3 is 56.3 Å². The molecule has 1 saturated heterocycles. The monoisotopic (exact) mass is 1150 g/mol. The molecule has 0 saturated carbocycles. The van der Waals surface area contributed by atoms with Gasteiger partial charge in [-0.15, -0.1) is 0 Å². The fraction of sp³-hybridized carbons (Fsp3) is 0.683. The summed E-state index contributed by atoms with van der Waals surface area (Å²) >= 11 is 0. The number of nitrogens with zero attached hydrogens (tertiary/aromatic N) is 3. The molecular weight excluding hydrogens is 1040 g/mol. The van der Waals surface area contributed by atoms with Crippen molar-refractivity contribution in [1.29, 1.82) is 0 Å². The molecule has 19 heteroatoms. The van der Waals surface area contributed by atoms with E-state index in [9.17, 15) is 43.5 Å². The van der Waals surface area contributed by atoms with Crippen molar-refractivity contribution in [3.63, 3.8) is 0 Å². The van der Waals surface area contributed by atoms with E-state index in [1.165, 1.54) is 11.9 Å². The zero-order chi connectivity index (χ0) is 61.7. The molecule has 7 amide bonds. The summed E-state index contributed by atoms with van der Waals surface area (Å²) in [5.74, 6) is -4.10. The summed E-state index contributed by atoms with van der Waals surface area (Å²) in [5.41, 5.74) is 7.03. The standard InChI is InChI=1S/C63H102N8O11/c1-17-41(10)57(53(81-16)35-54(74)71-32-22-26-50(71)42(11)43(12)59(76)67-44(13)58(75)46-23-19-18-20-24-46)69(14)61(78)49(37(2)3)34-52(73)56(39(6)7)70(15)63(80)82-36-45-27-29-48(30-28-45)68-60(77)47(25-21-31-65-62(64)79)33-51(72)55(38(4)5)66-40(8)9/h18-20,23-24,27-30,37-44,47,49-50,53,55-58,66,75H,17,21-22,25-26,31-36H2,1-16H3,(H,67,76)(H,68,77)(H3,64,65,79)/t41-,42+,43-,44-,47+,49-,50-,53+,55-,56-,57-,58-/m0/s1. The van der Waals surface area contributed by atoms with Crippen LogP contribution < -0.4 is 27.0 Å². The average molecular weight is 1150 g/mol. The Kier molecular flexibility index (Phi) is 29.2. The van der Waals surface area contributed by atoms with Crippen molar-refractivity contribution in [2.75, 3.05) is 39.6 Å². The molecule has 19 nitrogen and oxygen atoms in total. The molecule has 1 fully saturated rings. The van der Waals surface area contributed by atoms with Gasteiger partial charge in [-0.1, -0.05) is 132 Å². The van der Waals surface area contributed by atoms with Crippen LogP contribution in [0.4, 0.5) is 15.3 Å². The topological polar surface area (TPSA) is 259 Å². The Morgan fingerprint density at radius 1 is 0.780 bits per heavy atom. The van der Waals surface area contributed by atoms with Gasteiger partial charge in [-0.3, -0.25) is 28.8 Å². The third-order valence-corrected chi connectivity index (χ3v) is 16.7. The number of likely N-dealkylation sites (N-methyl/N-ethyl adjacent to an activating group) is 2.